The molecule has 0 spiro atoms. The van der Waals surface area contributed by atoms with Gasteiger partial charge in [-0.05, 0) is 61.7 Å². The van der Waals surface area contributed by atoms with Gasteiger partial charge >= 0.3 is 0 Å². The van der Waals surface area contributed by atoms with Crippen molar-refractivity contribution in [2.45, 2.75) is 24.7 Å². The molecule has 0 heterocycles. The molecule has 0 aliphatic heterocycles. The molecule has 9 heteroatoms. The van der Waals surface area contributed by atoms with Crippen LogP contribution in [0, 0.1) is 12.8 Å². The van der Waals surface area contributed by atoms with Crippen molar-refractivity contribution >= 4 is 27.5 Å². The van der Waals surface area contributed by atoms with E-state index >= 15 is 0 Å². The van der Waals surface area contributed by atoms with Crippen molar-refractivity contribution in [3.05, 3.63) is 53.6 Å². The third-order valence-corrected chi connectivity index (χ3v) is 6.16. The van der Waals surface area contributed by atoms with E-state index in [-0.39, 0.29) is 41.5 Å². The van der Waals surface area contributed by atoms with Crippen molar-refractivity contribution in [3.8, 4) is 5.75 Å². The molecule has 30 heavy (non-hydrogen) atoms. The molecule has 0 radical (unpaired) electrons. The second kappa shape index (κ2) is 9.27. The first-order chi connectivity index (χ1) is 14.3. The Kier molecular flexibility index (Phi) is 6.73. The van der Waals surface area contributed by atoms with E-state index in [0.29, 0.717) is 11.3 Å². The van der Waals surface area contributed by atoms with Crippen LogP contribution in [0.5, 0.6) is 5.75 Å². The second-order valence-corrected chi connectivity index (χ2v) is 8.88. The van der Waals surface area contributed by atoms with Crippen LogP contribution in [0.3, 0.4) is 0 Å². The Hall–Kier alpha value is -2.91. The van der Waals surface area contributed by atoms with E-state index in [9.17, 15) is 18.0 Å². The lowest BCUT2D eigenvalue weighted by atomic mass is 10.2. The lowest BCUT2D eigenvalue weighted by Gasteiger charge is -2.12. The van der Waals surface area contributed by atoms with Crippen molar-refractivity contribution in [3.63, 3.8) is 0 Å². The Labute approximate surface area is 176 Å². The minimum absolute atomic E-state index is 0.00438. The van der Waals surface area contributed by atoms with Gasteiger partial charge in [0.2, 0.25) is 15.9 Å². The highest BCUT2D eigenvalue weighted by Crippen LogP contribution is 2.30. The molecule has 2 amide bonds. The van der Waals surface area contributed by atoms with E-state index in [4.69, 9.17) is 4.74 Å². The number of ether oxygens (including phenoxy) is 1. The predicted octanol–water partition coefficient (Wildman–Crippen LogP) is 2.06. The Morgan fingerprint density at radius 3 is 2.40 bits per heavy atom. The Bertz CT molecular complexity index is 1030. The number of benzene rings is 2. The Balaban J connectivity index is 1.49. The van der Waals surface area contributed by atoms with Crippen LogP contribution >= 0.6 is 0 Å². The van der Waals surface area contributed by atoms with Gasteiger partial charge in [-0.1, -0.05) is 6.07 Å². The maximum Gasteiger partial charge on any atom is 0.251 e. The summed E-state index contributed by atoms with van der Waals surface area (Å²) in [5.74, 6) is 0.0367. The van der Waals surface area contributed by atoms with E-state index in [1.807, 2.05) is 0 Å². The van der Waals surface area contributed by atoms with Gasteiger partial charge in [0.15, 0.2) is 0 Å². The van der Waals surface area contributed by atoms with Gasteiger partial charge in [0.05, 0.1) is 7.11 Å². The number of carbonyl (C=O) groups excluding carboxylic acids is 2. The Morgan fingerprint density at radius 2 is 1.77 bits per heavy atom. The molecule has 0 atom stereocenters. The standard InChI is InChI=1S/C21H25N3O5S/c1-14-3-10-18(29-2)19(13-14)30(27,28)23-12-11-22-20(25)15-6-8-17(9-7-15)24-21(26)16-4-5-16/h3,6-10,13,16,23H,4-5,11-12H2,1-2H3,(H,22,25)(H,24,26). The molecule has 1 aliphatic rings. The summed E-state index contributed by atoms with van der Waals surface area (Å²) in [6.07, 6.45) is 1.85. The maximum absolute atomic E-state index is 12.5. The summed E-state index contributed by atoms with van der Waals surface area (Å²) in [7, 11) is -2.36. The average molecular weight is 432 g/mol. The van der Waals surface area contributed by atoms with Crippen LogP contribution < -0.4 is 20.1 Å². The quantitative estimate of drug-likeness (QED) is 0.526. The number of sulfonamides is 1. The fourth-order valence-electron chi connectivity index (χ4n) is 2.83. The lowest BCUT2D eigenvalue weighted by molar-refractivity contribution is -0.117. The number of methoxy groups -OCH3 is 1. The number of rotatable bonds is 9. The topological polar surface area (TPSA) is 114 Å². The van der Waals surface area contributed by atoms with Crippen LogP contribution in [-0.4, -0.2) is 40.4 Å². The smallest absolute Gasteiger partial charge is 0.251 e. The number of nitrogens with one attached hydrogen (secondary N) is 3. The first-order valence-electron chi connectivity index (χ1n) is 9.63. The Morgan fingerprint density at radius 1 is 1.07 bits per heavy atom. The van der Waals surface area contributed by atoms with Crippen molar-refractivity contribution in [2.75, 3.05) is 25.5 Å². The monoisotopic (exact) mass is 431 g/mol. The highest BCUT2D eigenvalue weighted by Gasteiger charge is 2.29. The molecular formula is C21H25N3O5S. The van der Waals surface area contributed by atoms with Gasteiger partial charge in [0.25, 0.3) is 5.91 Å². The predicted molar refractivity (Wildman–Crippen MR) is 113 cm³/mol. The second-order valence-electron chi connectivity index (χ2n) is 7.15. The molecule has 1 aliphatic carbocycles. The van der Waals surface area contributed by atoms with Crippen LogP contribution in [0.2, 0.25) is 0 Å². The molecule has 3 N–H and O–H groups in total. The van der Waals surface area contributed by atoms with E-state index < -0.39 is 10.0 Å². The summed E-state index contributed by atoms with van der Waals surface area (Å²) in [4.78, 5) is 24.1. The van der Waals surface area contributed by atoms with Crippen molar-refractivity contribution in [1.82, 2.24) is 10.0 Å². The van der Waals surface area contributed by atoms with Crippen molar-refractivity contribution < 1.29 is 22.7 Å². The first kappa shape index (κ1) is 21.8. The van der Waals surface area contributed by atoms with Crippen LogP contribution in [0.25, 0.3) is 0 Å². The number of hydrogen-bond donors (Lipinski definition) is 3. The van der Waals surface area contributed by atoms with Crippen LogP contribution in [0.4, 0.5) is 5.69 Å². The summed E-state index contributed by atoms with van der Waals surface area (Å²) in [6.45, 7) is 1.94. The minimum atomic E-state index is -3.77. The highest BCUT2D eigenvalue weighted by atomic mass is 32.2. The number of amides is 2. The summed E-state index contributed by atoms with van der Waals surface area (Å²) in [5.41, 5.74) is 1.85. The zero-order chi connectivity index (χ0) is 21.7. The van der Waals surface area contributed by atoms with E-state index in [2.05, 4.69) is 15.4 Å². The zero-order valence-corrected chi connectivity index (χ0v) is 17.7. The normalized spacial score (nSPS) is 13.5. The number of carbonyl (C=O) groups is 2. The third-order valence-electron chi connectivity index (χ3n) is 4.67. The summed E-state index contributed by atoms with van der Waals surface area (Å²) >= 11 is 0. The van der Waals surface area contributed by atoms with Crippen LogP contribution in [-0.2, 0) is 14.8 Å². The molecule has 1 fully saturated rings. The van der Waals surface area contributed by atoms with Crippen LogP contribution in [0.1, 0.15) is 28.8 Å². The summed E-state index contributed by atoms with van der Waals surface area (Å²) < 4.78 is 32.6. The van der Waals surface area contributed by atoms with Gasteiger partial charge in [-0.2, -0.15) is 0 Å². The molecule has 0 bridgehead atoms. The molecule has 8 nitrogen and oxygen atoms in total. The van der Waals surface area contributed by atoms with Gasteiger partial charge < -0.3 is 15.4 Å². The molecule has 3 rings (SSSR count). The largest absolute Gasteiger partial charge is 0.495 e. The van der Waals surface area contributed by atoms with E-state index in [1.165, 1.54) is 13.2 Å². The molecule has 0 unspecified atom stereocenters. The number of hydrogen-bond acceptors (Lipinski definition) is 5. The minimum Gasteiger partial charge on any atom is -0.495 e. The fraction of sp³-hybridized carbons (Fsp3) is 0.333. The van der Waals surface area contributed by atoms with Gasteiger partial charge in [-0.3, -0.25) is 9.59 Å². The number of aryl methyl sites for hydroxylation is 1. The van der Waals surface area contributed by atoms with Gasteiger partial charge in [-0.25, -0.2) is 13.1 Å². The van der Waals surface area contributed by atoms with Gasteiger partial charge in [0.1, 0.15) is 10.6 Å². The lowest BCUT2D eigenvalue weighted by Crippen LogP contribution is -2.34. The molecule has 160 valence electrons. The van der Waals surface area contributed by atoms with Gasteiger partial charge in [0, 0.05) is 30.3 Å². The fourth-order valence-corrected chi connectivity index (χ4v) is 4.11. The molecule has 0 saturated heterocycles. The van der Waals surface area contributed by atoms with E-state index in [1.54, 1.807) is 43.3 Å². The maximum atomic E-state index is 12.5. The van der Waals surface area contributed by atoms with E-state index in [0.717, 1.165) is 18.4 Å². The molecular weight excluding hydrogens is 406 g/mol. The first-order valence-corrected chi connectivity index (χ1v) is 11.1. The van der Waals surface area contributed by atoms with Gasteiger partial charge in [-0.15, -0.1) is 0 Å². The third kappa shape index (κ3) is 5.58. The number of anilines is 1. The highest BCUT2D eigenvalue weighted by molar-refractivity contribution is 7.89. The zero-order valence-electron chi connectivity index (χ0n) is 16.9. The molecule has 1 saturated carbocycles. The van der Waals surface area contributed by atoms with Crippen molar-refractivity contribution in [2.24, 2.45) is 5.92 Å². The SMILES string of the molecule is COc1ccc(C)cc1S(=O)(=O)NCCNC(=O)c1ccc(NC(=O)C2CC2)cc1. The summed E-state index contributed by atoms with van der Waals surface area (Å²) in [5, 5.41) is 5.48. The molecule has 0 aromatic heterocycles. The molecule has 2 aromatic carbocycles. The van der Waals surface area contributed by atoms with Crippen LogP contribution in [0.15, 0.2) is 47.4 Å². The average Bonchev–Trinajstić information content (AvgIpc) is 3.57. The summed E-state index contributed by atoms with van der Waals surface area (Å²) in [6, 6.07) is 11.5. The molecule has 2 aromatic rings. The van der Waals surface area contributed by atoms with Crippen molar-refractivity contribution in [1.29, 1.82) is 0 Å².